The molecule has 77 heavy (non-hydrogen) atoms. The molecule has 4 saturated heterocycles. The van der Waals surface area contributed by atoms with Crippen LogP contribution >= 0.6 is 46.4 Å². The molecule has 0 bridgehead atoms. The first-order valence-electron chi connectivity index (χ1n) is 26.1. The minimum absolute atomic E-state index is 0.0431. The highest BCUT2D eigenvalue weighted by Crippen LogP contribution is 2.40. The van der Waals surface area contributed by atoms with E-state index in [1.807, 2.05) is 34.8 Å². The lowest BCUT2D eigenvalue weighted by Gasteiger charge is -2.47. The number of aryl methyl sites for hydroxylation is 1. The first kappa shape index (κ1) is 57.6. The zero-order valence-corrected chi connectivity index (χ0v) is 48.4. The van der Waals surface area contributed by atoms with Crippen molar-refractivity contribution >= 4 is 100 Å². The van der Waals surface area contributed by atoms with Gasteiger partial charge in [-0.1, -0.05) is 58.5 Å². The molecule has 4 aliphatic rings. The summed E-state index contributed by atoms with van der Waals surface area (Å²) in [4.78, 5) is 27.6. The van der Waals surface area contributed by atoms with Crippen LogP contribution < -0.4 is 9.80 Å². The number of piperidine rings is 2. The smallest absolute Gasteiger partial charge is 0.355 e. The van der Waals surface area contributed by atoms with Crippen LogP contribution in [0.25, 0.3) is 22.3 Å². The van der Waals surface area contributed by atoms with Crippen molar-refractivity contribution < 1.29 is 30.0 Å². The molecule has 4 fully saturated rings. The van der Waals surface area contributed by atoms with Gasteiger partial charge >= 0.3 is 6.18 Å². The molecule has 0 amide bonds. The molecule has 4 atom stereocenters. The third-order valence-corrected chi connectivity index (χ3v) is 18.8. The van der Waals surface area contributed by atoms with Crippen molar-refractivity contribution in [2.75, 3.05) is 99.3 Å². The van der Waals surface area contributed by atoms with Crippen LogP contribution in [0.4, 0.5) is 24.8 Å². The van der Waals surface area contributed by atoms with E-state index in [2.05, 4.69) is 36.7 Å². The number of halogens is 7. The lowest BCUT2D eigenvalue weighted by molar-refractivity contribution is -0.140. The summed E-state index contributed by atoms with van der Waals surface area (Å²) in [6, 6.07) is 9.60. The number of aromatic nitrogens is 8. The normalized spacial score (nSPS) is 20.3. The Morgan fingerprint density at radius 2 is 1.05 bits per heavy atom. The number of benzene rings is 2. The maximum Gasteiger partial charge on any atom is 0.437 e. The summed E-state index contributed by atoms with van der Waals surface area (Å²) >= 11 is 25.0. The fraction of sp³-hybridized carbons (Fsp3) is 0.577. The fourth-order valence-electron chi connectivity index (χ4n) is 11.4. The second-order valence-electron chi connectivity index (χ2n) is 21.5. The van der Waals surface area contributed by atoms with Gasteiger partial charge in [0, 0.05) is 71.9 Å². The van der Waals surface area contributed by atoms with Crippen molar-refractivity contribution in [2.24, 2.45) is 23.7 Å². The van der Waals surface area contributed by atoms with Gasteiger partial charge in [0.2, 0.25) is 0 Å². The minimum Gasteiger partial charge on any atom is -0.355 e. The molecule has 16 nitrogen and oxygen atoms in total. The lowest BCUT2D eigenvalue weighted by atomic mass is 9.80. The number of likely N-dealkylation sites (tertiary alicyclic amines) is 2. The van der Waals surface area contributed by atoms with Crippen LogP contribution in [0.5, 0.6) is 0 Å². The lowest BCUT2D eigenvalue weighted by Crippen LogP contribution is -2.54. The van der Waals surface area contributed by atoms with Crippen molar-refractivity contribution in [3.8, 4) is 0 Å². The number of anilines is 2. The molecule has 4 aromatic heterocycles. The summed E-state index contributed by atoms with van der Waals surface area (Å²) in [6.45, 7) is 14.8. The third-order valence-electron chi connectivity index (χ3n) is 15.6. The number of nitrogens with zero attached hydrogens (tertiary/aromatic N) is 12. The summed E-state index contributed by atoms with van der Waals surface area (Å²) < 4.78 is 90.5. The summed E-state index contributed by atoms with van der Waals surface area (Å²) in [5.74, 6) is 4.02. The molecule has 25 heteroatoms. The highest BCUT2D eigenvalue weighted by atomic mass is 35.5. The zero-order valence-electron chi connectivity index (χ0n) is 43.8. The van der Waals surface area contributed by atoms with Crippen molar-refractivity contribution in [1.29, 1.82) is 0 Å². The molecule has 2 aromatic carbocycles. The van der Waals surface area contributed by atoms with E-state index < -0.39 is 37.6 Å². The molecule has 10 rings (SSSR count). The van der Waals surface area contributed by atoms with Crippen LogP contribution in [0, 0.1) is 30.6 Å². The number of sulfone groups is 2. The van der Waals surface area contributed by atoms with Crippen LogP contribution in [0.2, 0.25) is 20.1 Å². The quantitative estimate of drug-likeness (QED) is 0.0898. The van der Waals surface area contributed by atoms with E-state index in [-0.39, 0.29) is 28.7 Å². The SMILES string of the molecule is CC(c1ccc(Cl)cc1Cl)n1nc(C(F)(F)F)c2ncc(N3CC(C4CCCN(CCCS(C)(=O)=O)C4)C3)nc21.Cc1nn(C(C)c2ccc(Cl)cc2Cl)c2nc(N3CC(C4CCCN(CCCS(C)(=O)=O)C4)C3)cnc12. The van der Waals surface area contributed by atoms with Crippen LogP contribution in [0.15, 0.2) is 48.8 Å². The second-order valence-corrected chi connectivity index (χ2v) is 27.7. The Labute approximate surface area is 468 Å². The average Bonchev–Trinajstić information content (AvgIpc) is 3.88. The van der Waals surface area contributed by atoms with Gasteiger partial charge in [0.05, 0.1) is 41.7 Å². The number of hydrogen-bond donors (Lipinski definition) is 0. The van der Waals surface area contributed by atoms with E-state index in [1.54, 1.807) is 31.2 Å². The largest absolute Gasteiger partial charge is 0.437 e. The molecule has 0 spiro atoms. The molecule has 0 saturated carbocycles. The monoisotopic (exact) mass is 1180 g/mol. The van der Waals surface area contributed by atoms with E-state index in [0.717, 1.165) is 107 Å². The summed E-state index contributed by atoms with van der Waals surface area (Å²) in [5, 5.41) is 10.6. The maximum atomic E-state index is 13.9. The number of alkyl halides is 3. The van der Waals surface area contributed by atoms with Gasteiger partial charge in [0.15, 0.2) is 17.0 Å². The van der Waals surface area contributed by atoms with Crippen LogP contribution in [0.3, 0.4) is 0 Å². The molecule has 4 unspecified atom stereocenters. The molecular weight excluding hydrogens is 1120 g/mol. The number of fused-ring (bicyclic) bond motifs is 2. The first-order valence-corrected chi connectivity index (χ1v) is 31.8. The molecule has 0 aliphatic carbocycles. The molecule has 0 N–H and O–H groups in total. The predicted octanol–water partition coefficient (Wildman–Crippen LogP) is 9.98. The van der Waals surface area contributed by atoms with E-state index in [9.17, 15) is 30.0 Å². The minimum atomic E-state index is -4.70. The van der Waals surface area contributed by atoms with Gasteiger partial charge in [-0.05, 0) is 145 Å². The number of hydrogen-bond acceptors (Lipinski definition) is 14. The highest BCUT2D eigenvalue weighted by Gasteiger charge is 2.41. The molecule has 4 aliphatic heterocycles. The van der Waals surface area contributed by atoms with E-state index in [1.165, 1.54) is 36.2 Å². The molecule has 418 valence electrons. The Morgan fingerprint density at radius 1 is 0.623 bits per heavy atom. The Morgan fingerprint density at radius 3 is 1.48 bits per heavy atom. The van der Waals surface area contributed by atoms with Crippen molar-refractivity contribution in [1.82, 2.24) is 49.3 Å². The topological polar surface area (TPSA) is 168 Å². The summed E-state index contributed by atoms with van der Waals surface area (Å²) in [5.41, 5.74) is 2.55. The summed E-state index contributed by atoms with van der Waals surface area (Å²) in [7, 11) is -5.86. The van der Waals surface area contributed by atoms with Crippen LogP contribution in [-0.2, 0) is 25.9 Å². The Kier molecular flexibility index (Phi) is 17.6. The second kappa shape index (κ2) is 23.6. The average molecular weight is 1190 g/mol. The van der Waals surface area contributed by atoms with Gasteiger partial charge in [-0.25, -0.2) is 46.1 Å². The van der Waals surface area contributed by atoms with Crippen LogP contribution in [0.1, 0.15) is 87.0 Å². The van der Waals surface area contributed by atoms with Gasteiger partial charge < -0.3 is 19.6 Å². The molecule has 8 heterocycles. The molecular formula is C52H65Cl4F3N12O4S2. The highest BCUT2D eigenvalue weighted by molar-refractivity contribution is 7.90. The van der Waals surface area contributed by atoms with E-state index in [0.29, 0.717) is 68.0 Å². The standard InChI is InChI=1S/C26H31Cl2F3N6O2S.C26H34Cl2N6O2S/c1-16(20-7-6-19(27)11-21(20)28)37-25-23(24(34-37)26(29,30)31)32-12-22(33-25)36-14-18(15-36)17-5-3-8-35(13-17)9-4-10-40(2,38)39;1-17-25-26(34(31-17)18(2)22-8-7-21(27)12-23(22)28)30-24(13-29-25)33-15-20(16-33)19-6-4-9-32(14-19)10-5-11-37(3,35)36/h6-7,11-12,16-18H,3-5,8-10,13-15H2,1-2H3;7-8,12-13,18-20H,4-6,9-11,14-16H2,1-3H3. The van der Waals surface area contributed by atoms with Gasteiger partial charge in [-0.2, -0.15) is 23.4 Å². The van der Waals surface area contributed by atoms with E-state index >= 15 is 0 Å². The Hall–Kier alpha value is -4.09. The first-order chi connectivity index (χ1) is 36.4. The van der Waals surface area contributed by atoms with Crippen molar-refractivity contribution in [2.45, 2.75) is 77.6 Å². The van der Waals surface area contributed by atoms with Crippen molar-refractivity contribution in [3.63, 3.8) is 0 Å². The summed E-state index contributed by atoms with van der Waals surface area (Å²) in [6.07, 6.45) is 7.05. The van der Waals surface area contributed by atoms with Gasteiger partial charge in [0.25, 0.3) is 0 Å². The number of rotatable bonds is 16. The Bertz CT molecular complexity index is 3320. The molecule has 0 radical (unpaired) electrons. The maximum absolute atomic E-state index is 13.9. The van der Waals surface area contributed by atoms with E-state index in [4.69, 9.17) is 61.5 Å². The van der Waals surface area contributed by atoms with Gasteiger partial charge in [-0.3, -0.25) is 0 Å². The zero-order chi connectivity index (χ0) is 55.1. The third kappa shape index (κ3) is 13.7. The predicted molar refractivity (Wildman–Crippen MR) is 299 cm³/mol. The van der Waals surface area contributed by atoms with Crippen LogP contribution in [-0.4, -0.2) is 156 Å². The van der Waals surface area contributed by atoms with Crippen molar-refractivity contribution in [3.05, 3.63) is 91.4 Å². The van der Waals surface area contributed by atoms with Gasteiger partial charge in [0.1, 0.15) is 42.3 Å². The van der Waals surface area contributed by atoms with Gasteiger partial charge in [-0.15, -0.1) is 0 Å². The molecule has 6 aromatic rings. The fourth-order valence-corrected chi connectivity index (χ4v) is 13.8. The Balaban J connectivity index is 0.000000188.